The van der Waals surface area contributed by atoms with Crippen molar-refractivity contribution in [2.24, 2.45) is 5.92 Å². The number of nitrogens with zero attached hydrogens (tertiary/aromatic N) is 1. The number of Topliss-reactive ketones (excluding diaryl/α,β-unsaturated/α-hetero) is 1. The van der Waals surface area contributed by atoms with E-state index in [0.717, 1.165) is 24.8 Å². The normalized spacial score (nSPS) is 21.7. The van der Waals surface area contributed by atoms with Crippen LogP contribution in [0.4, 0.5) is 0 Å². The Balaban J connectivity index is 2.82. The first kappa shape index (κ1) is 20.3. The van der Waals surface area contributed by atoms with Crippen LogP contribution in [0.2, 0.25) is 0 Å². The van der Waals surface area contributed by atoms with Gasteiger partial charge in [-0.05, 0) is 66.7 Å². The van der Waals surface area contributed by atoms with Crippen molar-refractivity contribution in [2.45, 2.75) is 78.5 Å². The number of carbonyl (C=O) groups excluding carboxylic acids is 1. The topological polar surface area (TPSA) is 37.4 Å². The highest BCUT2D eigenvalue weighted by molar-refractivity contribution is 7.84. The minimum Gasteiger partial charge on any atom is -0.295 e. The first-order valence-electron chi connectivity index (χ1n) is 8.57. The zero-order valence-electron chi connectivity index (χ0n) is 15.8. The van der Waals surface area contributed by atoms with E-state index in [2.05, 4.69) is 26.8 Å². The average molecular weight is 340 g/mol. The van der Waals surface area contributed by atoms with Gasteiger partial charge in [-0.1, -0.05) is 24.6 Å². The molecule has 1 aliphatic rings. The second kappa shape index (κ2) is 8.39. The van der Waals surface area contributed by atoms with Gasteiger partial charge in [-0.3, -0.25) is 4.79 Å². The van der Waals surface area contributed by atoms with Gasteiger partial charge in [0.2, 0.25) is 0 Å². The van der Waals surface area contributed by atoms with Gasteiger partial charge in [-0.15, -0.1) is 0 Å². The fourth-order valence-corrected chi connectivity index (χ4v) is 4.26. The summed E-state index contributed by atoms with van der Waals surface area (Å²) in [6.45, 7) is 14.7. The van der Waals surface area contributed by atoms with Gasteiger partial charge in [-0.2, -0.15) is 0 Å². The summed E-state index contributed by atoms with van der Waals surface area (Å²) >= 11 is 0. The van der Waals surface area contributed by atoms with E-state index in [1.807, 2.05) is 31.2 Å². The van der Waals surface area contributed by atoms with Gasteiger partial charge in [-0.25, -0.2) is 8.51 Å². The van der Waals surface area contributed by atoms with Crippen molar-refractivity contribution >= 4 is 16.8 Å². The molecule has 0 N–H and O–H groups in total. The molecule has 0 fully saturated rings. The predicted octanol–water partition coefficient (Wildman–Crippen LogP) is 4.42. The summed E-state index contributed by atoms with van der Waals surface area (Å²) in [6, 6.07) is -0.00531. The molecule has 0 aliphatic carbocycles. The van der Waals surface area contributed by atoms with Gasteiger partial charge >= 0.3 is 0 Å². The summed E-state index contributed by atoms with van der Waals surface area (Å²) < 4.78 is 14.5. The van der Waals surface area contributed by atoms with Crippen molar-refractivity contribution in [3.63, 3.8) is 0 Å². The molecule has 0 aromatic carbocycles. The SMILES string of the molecule is CC(=O)C1=CCN([S@](=O)C(C)(C)C)[C@@H]1C[C@@H](C)CCC=C(C)C. The van der Waals surface area contributed by atoms with Crippen molar-refractivity contribution in [3.05, 3.63) is 23.3 Å². The molecule has 0 unspecified atom stereocenters. The van der Waals surface area contributed by atoms with Crippen molar-refractivity contribution in [1.82, 2.24) is 4.31 Å². The standard InChI is InChI=1S/C19H33NO2S/c1-14(2)9-8-10-15(3)13-18-17(16(4)21)11-12-20(18)23(22)19(5,6)7/h9,11,15,18H,8,10,12-13H2,1-7H3/t15-,18+,23+/m0/s1. The Morgan fingerprint density at radius 2 is 2.00 bits per heavy atom. The largest absolute Gasteiger partial charge is 0.295 e. The molecule has 0 saturated heterocycles. The van der Waals surface area contributed by atoms with Crippen LogP contribution in [-0.2, 0) is 15.8 Å². The quantitative estimate of drug-likeness (QED) is 0.644. The van der Waals surface area contributed by atoms with Crippen LogP contribution >= 0.6 is 0 Å². The molecule has 4 heteroatoms. The third-order valence-electron chi connectivity index (χ3n) is 4.18. The zero-order valence-corrected chi connectivity index (χ0v) is 16.6. The first-order chi connectivity index (χ1) is 10.5. The molecule has 23 heavy (non-hydrogen) atoms. The third-order valence-corrected chi connectivity index (χ3v) is 6.06. The molecule has 0 saturated carbocycles. The van der Waals surface area contributed by atoms with Crippen LogP contribution in [0.15, 0.2) is 23.3 Å². The molecule has 3 atom stereocenters. The van der Waals surface area contributed by atoms with Gasteiger partial charge in [0.25, 0.3) is 0 Å². The minimum absolute atomic E-state index is 0.00531. The third kappa shape index (κ3) is 6.00. The van der Waals surface area contributed by atoms with Crippen molar-refractivity contribution in [2.75, 3.05) is 6.54 Å². The smallest absolute Gasteiger partial charge is 0.157 e. The van der Waals surface area contributed by atoms with Crippen LogP contribution in [0.25, 0.3) is 0 Å². The van der Waals surface area contributed by atoms with E-state index < -0.39 is 11.0 Å². The first-order valence-corrected chi connectivity index (χ1v) is 9.67. The van der Waals surface area contributed by atoms with Crippen molar-refractivity contribution in [1.29, 1.82) is 0 Å². The molecule has 132 valence electrons. The molecule has 0 radical (unpaired) electrons. The van der Waals surface area contributed by atoms with Crippen LogP contribution in [-0.4, -0.2) is 31.6 Å². The van der Waals surface area contributed by atoms with Gasteiger partial charge in [0, 0.05) is 12.1 Å². The maximum absolute atomic E-state index is 12.8. The number of ketones is 1. The summed E-state index contributed by atoms with van der Waals surface area (Å²) in [7, 11) is -1.09. The fourth-order valence-electron chi connectivity index (χ4n) is 2.92. The molecule has 1 heterocycles. The number of allylic oxidation sites excluding steroid dienone is 2. The monoisotopic (exact) mass is 339 g/mol. The molecule has 0 aromatic heterocycles. The number of carbonyl (C=O) groups is 1. The van der Waals surface area contributed by atoms with Gasteiger partial charge < -0.3 is 0 Å². The molecule has 1 rings (SSSR count). The van der Waals surface area contributed by atoms with Crippen LogP contribution in [0.3, 0.4) is 0 Å². The summed E-state index contributed by atoms with van der Waals surface area (Å²) in [6.07, 6.45) is 7.29. The molecule has 0 bridgehead atoms. The lowest BCUT2D eigenvalue weighted by Gasteiger charge is -2.32. The van der Waals surface area contributed by atoms with Gasteiger partial charge in [0.05, 0.1) is 10.8 Å². The van der Waals surface area contributed by atoms with Gasteiger partial charge in [0.1, 0.15) is 11.0 Å². The highest BCUT2D eigenvalue weighted by atomic mass is 32.2. The number of hydrogen-bond acceptors (Lipinski definition) is 2. The van der Waals surface area contributed by atoms with E-state index in [9.17, 15) is 9.00 Å². The molecule has 0 spiro atoms. The molecule has 0 amide bonds. The summed E-state index contributed by atoms with van der Waals surface area (Å²) in [5.41, 5.74) is 2.19. The van der Waals surface area contributed by atoms with E-state index in [-0.39, 0.29) is 16.6 Å². The van der Waals surface area contributed by atoms with E-state index >= 15 is 0 Å². The lowest BCUT2D eigenvalue weighted by atomic mass is 9.92. The Kier molecular flexibility index (Phi) is 7.40. The van der Waals surface area contributed by atoms with Crippen molar-refractivity contribution in [3.8, 4) is 0 Å². The highest BCUT2D eigenvalue weighted by Crippen LogP contribution is 2.31. The Bertz CT molecular complexity index is 510. The average Bonchev–Trinajstić information content (AvgIpc) is 2.79. The Morgan fingerprint density at radius 3 is 2.48 bits per heavy atom. The second-order valence-corrected chi connectivity index (χ2v) is 10.1. The minimum atomic E-state index is -1.09. The highest BCUT2D eigenvalue weighted by Gasteiger charge is 2.37. The molecular formula is C19H33NO2S. The molecule has 0 aromatic rings. The number of hydrogen-bond donors (Lipinski definition) is 0. The van der Waals surface area contributed by atoms with Crippen LogP contribution in [0.5, 0.6) is 0 Å². The van der Waals surface area contributed by atoms with Crippen LogP contribution in [0, 0.1) is 5.92 Å². The Morgan fingerprint density at radius 1 is 1.39 bits per heavy atom. The Labute approximate surface area is 144 Å². The second-order valence-electron chi connectivity index (χ2n) is 7.89. The summed E-state index contributed by atoms with van der Waals surface area (Å²) in [5.74, 6) is 0.607. The van der Waals surface area contributed by atoms with Crippen molar-refractivity contribution < 1.29 is 9.00 Å². The van der Waals surface area contributed by atoms with E-state index in [0.29, 0.717) is 12.5 Å². The molecule has 1 aliphatic heterocycles. The number of rotatable bonds is 7. The van der Waals surface area contributed by atoms with Crippen LogP contribution < -0.4 is 0 Å². The lowest BCUT2D eigenvalue weighted by Crippen LogP contribution is -2.43. The van der Waals surface area contributed by atoms with E-state index in [4.69, 9.17) is 0 Å². The summed E-state index contributed by atoms with van der Waals surface area (Å²) in [4.78, 5) is 12.0. The maximum Gasteiger partial charge on any atom is 0.157 e. The van der Waals surface area contributed by atoms with Gasteiger partial charge in [0.15, 0.2) is 5.78 Å². The van der Waals surface area contributed by atoms with E-state index in [1.165, 1.54) is 5.57 Å². The van der Waals surface area contributed by atoms with Crippen LogP contribution in [0.1, 0.15) is 67.7 Å². The Hall–Kier alpha value is -0.740. The predicted molar refractivity (Wildman–Crippen MR) is 99.6 cm³/mol. The van der Waals surface area contributed by atoms with E-state index in [1.54, 1.807) is 6.92 Å². The molecular weight excluding hydrogens is 306 g/mol. The lowest BCUT2D eigenvalue weighted by molar-refractivity contribution is -0.114. The fraction of sp³-hybridized carbons (Fsp3) is 0.737. The maximum atomic E-state index is 12.8. The zero-order chi connectivity index (χ0) is 17.8. The summed E-state index contributed by atoms with van der Waals surface area (Å²) in [5, 5.41) is 0. The molecule has 3 nitrogen and oxygen atoms in total.